The molecule has 0 spiro atoms. The Morgan fingerprint density at radius 3 is 2.36 bits per heavy atom. The zero-order chi connectivity index (χ0) is 20.6. The summed E-state index contributed by atoms with van der Waals surface area (Å²) in [6.45, 7) is 0. The van der Waals surface area contributed by atoms with Crippen LogP contribution in [-0.4, -0.2) is 31.5 Å². The van der Waals surface area contributed by atoms with Gasteiger partial charge in [-0.05, 0) is 52.7 Å². The molecule has 0 aliphatic carbocycles. The summed E-state index contributed by atoms with van der Waals surface area (Å²) in [5.41, 5.74) is 0.208. The number of carboxylic acids is 1. The molecule has 0 aliphatic rings. The minimum absolute atomic E-state index is 0.000640. The molecular weight excluding hydrogens is 390 g/mol. The summed E-state index contributed by atoms with van der Waals surface area (Å²) in [7, 11) is -3.91. The first-order valence-electron chi connectivity index (χ1n) is 8.04. The van der Waals surface area contributed by atoms with Crippen molar-refractivity contribution in [1.29, 1.82) is 0 Å². The Bertz CT molecular complexity index is 1230. The van der Waals surface area contributed by atoms with Crippen LogP contribution in [0.2, 0.25) is 0 Å². The van der Waals surface area contributed by atoms with Gasteiger partial charge in [-0.2, -0.15) is 0 Å². The average molecular weight is 404 g/mol. The van der Waals surface area contributed by atoms with Crippen molar-refractivity contribution in [3.8, 4) is 0 Å². The minimum Gasteiger partial charge on any atom is -0.481 e. The van der Waals surface area contributed by atoms with E-state index in [0.717, 1.165) is 30.5 Å². The maximum atomic E-state index is 13.8. The van der Waals surface area contributed by atoms with Gasteiger partial charge in [0, 0.05) is 17.4 Å². The Balaban J connectivity index is 2.23. The molecule has 144 valence electrons. The second kappa shape index (κ2) is 7.12. The molecule has 28 heavy (non-hydrogen) atoms. The van der Waals surface area contributed by atoms with Crippen LogP contribution in [0, 0.1) is 11.6 Å². The molecule has 0 aliphatic heterocycles. The Morgan fingerprint density at radius 1 is 1.00 bits per heavy atom. The van der Waals surface area contributed by atoms with E-state index in [2.05, 4.69) is 0 Å². The molecule has 5 nitrogen and oxygen atoms in total. The normalized spacial score (nSPS) is 11.5. The predicted molar refractivity (Wildman–Crippen MR) is 98.2 cm³/mol. The van der Waals surface area contributed by atoms with E-state index in [1.807, 2.05) is 0 Å². The molecule has 8 heteroatoms. The predicted octanol–water partition coefficient (Wildman–Crippen LogP) is 3.38. The van der Waals surface area contributed by atoms with Crippen LogP contribution in [0.15, 0.2) is 53.4 Å². The largest absolute Gasteiger partial charge is 0.481 e. The maximum Gasteiger partial charge on any atom is 0.307 e. The minimum atomic E-state index is -3.91. The van der Waals surface area contributed by atoms with E-state index < -0.39 is 38.1 Å². The quantitative estimate of drug-likeness (QED) is 0.659. The molecule has 0 saturated carbocycles. The number of sulfone groups is 1. The summed E-state index contributed by atoms with van der Waals surface area (Å²) < 4.78 is 51.0. The number of ketones is 1. The highest BCUT2D eigenvalue weighted by Gasteiger charge is 2.20. The van der Waals surface area contributed by atoms with Gasteiger partial charge in [-0.3, -0.25) is 9.59 Å². The van der Waals surface area contributed by atoms with E-state index in [4.69, 9.17) is 5.11 Å². The van der Waals surface area contributed by atoms with Crippen LogP contribution < -0.4 is 0 Å². The smallest absolute Gasteiger partial charge is 0.307 e. The van der Waals surface area contributed by atoms with E-state index in [9.17, 15) is 26.8 Å². The van der Waals surface area contributed by atoms with Crippen LogP contribution in [0.25, 0.3) is 10.8 Å². The number of aliphatic carboxylic acids is 1. The number of carbonyl (C=O) groups is 2. The number of fused-ring (bicyclic) bond motifs is 1. The number of halogens is 2. The third-order valence-electron chi connectivity index (χ3n) is 4.17. The van der Waals surface area contributed by atoms with Gasteiger partial charge in [-0.15, -0.1) is 0 Å². The molecule has 1 N–H and O–H groups in total. The van der Waals surface area contributed by atoms with Crippen LogP contribution in [0.3, 0.4) is 0 Å². The molecule has 3 aromatic carbocycles. The fourth-order valence-electron chi connectivity index (χ4n) is 2.94. The van der Waals surface area contributed by atoms with E-state index in [1.54, 1.807) is 0 Å². The first kappa shape index (κ1) is 19.6. The van der Waals surface area contributed by atoms with Gasteiger partial charge in [0.25, 0.3) is 0 Å². The van der Waals surface area contributed by atoms with Crippen molar-refractivity contribution in [2.24, 2.45) is 0 Å². The zero-order valence-corrected chi connectivity index (χ0v) is 15.4. The summed E-state index contributed by atoms with van der Waals surface area (Å²) in [4.78, 5) is 23.4. The van der Waals surface area contributed by atoms with Crippen LogP contribution >= 0.6 is 0 Å². The van der Waals surface area contributed by atoms with E-state index in [1.165, 1.54) is 24.3 Å². The SMILES string of the molecule is CS(=O)(=O)c1cc(C(=O)c2cc(CC(=O)O)cc3ccc(F)cc23)ccc1F. The van der Waals surface area contributed by atoms with Crippen LogP contribution in [0.5, 0.6) is 0 Å². The van der Waals surface area contributed by atoms with Crippen molar-refractivity contribution in [1.82, 2.24) is 0 Å². The van der Waals surface area contributed by atoms with Crippen molar-refractivity contribution in [3.05, 3.63) is 76.9 Å². The number of carboxylic acid groups (broad SMARTS) is 1. The summed E-state index contributed by atoms with van der Waals surface area (Å²) in [6.07, 6.45) is 0.462. The van der Waals surface area contributed by atoms with E-state index in [0.29, 0.717) is 10.9 Å². The standard InChI is InChI=1S/C20H14F2O5S/c1-28(26,27)18-9-13(3-5-17(18)22)20(25)16-7-11(8-19(23)24)6-12-2-4-14(21)10-15(12)16/h2-7,9-10H,8H2,1H3,(H,23,24). The fourth-order valence-corrected chi connectivity index (χ4v) is 3.70. The summed E-state index contributed by atoms with van der Waals surface area (Å²) in [5.74, 6) is -3.37. The number of hydrogen-bond acceptors (Lipinski definition) is 4. The lowest BCUT2D eigenvalue weighted by molar-refractivity contribution is -0.136. The van der Waals surface area contributed by atoms with E-state index in [-0.39, 0.29) is 22.9 Å². The molecule has 0 amide bonds. The highest BCUT2D eigenvalue weighted by Crippen LogP contribution is 2.26. The fraction of sp³-hybridized carbons (Fsp3) is 0.100. The van der Waals surface area contributed by atoms with Crippen LogP contribution in [-0.2, 0) is 21.1 Å². The van der Waals surface area contributed by atoms with Gasteiger partial charge in [0.1, 0.15) is 16.5 Å². The molecule has 3 rings (SSSR count). The zero-order valence-electron chi connectivity index (χ0n) is 14.6. The molecule has 0 fully saturated rings. The summed E-state index contributed by atoms with van der Waals surface area (Å²) in [5, 5.41) is 9.73. The van der Waals surface area contributed by atoms with Crippen molar-refractivity contribution in [3.63, 3.8) is 0 Å². The second-order valence-electron chi connectivity index (χ2n) is 6.33. The molecular formula is C20H14F2O5S. The number of hydrogen-bond donors (Lipinski definition) is 1. The Hall–Kier alpha value is -3.13. The van der Waals surface area contributed by atoms with Crippen molar-refractivity contribution < 1.29 is 31.9 Å². The van der Waals surface area contributed by atoms with Crippen molar-refractivity contribution in [2.45, 2.75) is 11.3 Å². The summed E-state index contributed by atoms with van der Waals surface area (Å²) >= 11 is 0. The molecule has 3 aromatic rings. The van der Waals surface area contributed by atoms with Gasteiger partial charge in [-0.25, -0.2) is 17.2 Å². The second-order valence-corrected chi connectivity index (χ2v) is 8.31. The first-order chi connectivity index (χ1) is 13.1. The Morgan fingerprint density at radius 2 is 1.71 bits per heavy atom. The monoisotopic (exact) mass is 404 g/mol. The molecule has 0 unspecified atom stereocenters. The molecule has 0 bridgehead atoms. The van der Waals surface area contributed by atoms with Crippen molar-refractivity contribution in [2.75, 3.05) is 6.26 Å². The van der Waals surface area contributed by atoms with Gasteiger partial charge < -0.3 is 5.11 Å². The van der Waals surface area contributed by atoms with Crippen molar-refractivity contribution >= 4 is 32.4 Å². The lowest BCUT2D eigenvalue weighted by atomic mass is 9.94. The molecule has 0 saturated heterocycles. The lowest BCUT2D eigenvalue weighted by Gasteiger charge is -2.10. The van der Waals surface area contributed by atoms with Gasteiger partial charge in [0.05, 0.1) is 6.42 Å². The average Bonchev–Trinajstić information content (AvgIpc) is 2.59. The molecule has 0 radical (unpaired) electrons. The third kappa shape index (κ3) is 3.91. The van der Waals surface area contributed by atoms with Gasteiger partial charge in [0.2, 0.25) is 0 Å². The summed E-state index contributed by atoms with van der Waals surface area (Å²) in [6, 6.07) is 9.50. The third-order valence-corrected chi connectivity index (χ3v) is 5.28. The van der Waals surface area contributed by atoms with Gasteiger partial charge in [0.15, 0.2) is 15.6 Å². The number of carbonyl (C=O) groups excluding carboxylic acids is 1. The number of rotatable bonds is 5. The lowest BCUT2D eigenvalue weighted by Crippen LogP contribution is -2.08. The topological polar surface area (TPSA) is 88.5 Å². The molecule has 0 heterocycles. The van der Waals surface area contributed by atoms with Gasteiger partial charge in [-0.1, -0.05) is 12.1 Å². The molecule has 0 aromatic heterocycles. The van der Waals surface area contributed by atoms with E-state index >= 15 is 0 Å². The van der Waals surface area contributed by atoms with Crippen LogP contribution in [0.1, 0.15) is 21.5 Å². The highest BCUT2D eigenvalue weighted by atomic mass is 32.2. The van der Waals surface area contributed by atoms with Gasteiger partial charge >= 0.3 is 5.97 Å². The van der Waals surface area contributed by atoms with Crippen LogP contribution in [0.4, 0.5) is 8.78 Å². The molecule has 0 atom stereocenters. The maximum absolute atomic E-state index is 13.8. The first-order valence-corrected chi connectivity index (χ1v) is 9.93. The Kier molecular flexibility index (Phi) is 4.99. The Labute approximate surface area is 159 Å². The number of benzene rings is 3. The highest BCUT2D eigenvalue weighted by molar-refractivity contribution is 7.90.